The standard InChI is InChI=1S/C20H18ClFN4O/c1-13-24-18(20(27)23-10-9-14-5-3-2-4-6-14)12-19(25-13)26-15-7-8-17(22)16(21)11-15/h2-8,11-12H,9-10H2,1H3,(H,23,27)(H,24,25,26). The molecule has 2 aromatic carbocycles. The van der Waals surface area contributed by atoms with Crippen LogP contribution < -0.4 is 10.6 Å². The zero-order valence-corrected chi connectivity index (χ0v) is 15.4. The first-order chi connectivity index (χ1) is 13.0. The maximum absolute atomic E-state index is 13.3. The monoisotopic (exact) mass is 384 g/mol. The highest BCUT2D eigenvalue weighted by molar-refractivity contribution is 6.31. The summed E-state index contributed by atoms with van der Waals surface area (Å²) in [5, 5.41) is 5.87. The molecule has 0 fully saturated rings. The van der Waals surface area contributed by atoms with Gasteiger partial charge in [-0.3, -0.25) is 4.79 Å². The van der Waals surface area contributed by atoms with Gasteiger partial charge in [0.25, 0.3) is 5.91 Å². The van der Waals surface area contributed by atoms with E-state index >= 15 is 0 Å². The van der Waals surface area contributed by atoms with Gasteiger partial charge in [0.05, 0.1) is 5.02 Å². The van der Waals surface area contributed by atoms with Crippen molar-refractivity contribution in [3.05, 3.63) is 82.5 Å². The number of anilines is 2. The number of hydrogen-bond acceptors (Lipinski definition) is 4. The van der Waals surface area contributed by atoms with E-state index in [4.69, 9.17) is 11.6 Å². The van der Waals surface area contributed by atoms with Crippen LogP contribution in [0.5, 0.6) is 0 Å². The Morgan fingerprint density at radius 2 is 1.89 bits per heavy atom. The Morgan fingerprint density at radius 1 is 1.11 bits per heavy atom. The smallest absolute Gasteiger partial charge is 0.270 e. The minimum Gasteiger partial charge on any atom is -0.350 e. The fraction of sp³-hybridized carbons (Fsp3) is 0.150. The largest absolute Gasteiger partial charge is 0.350 e. The number of nitrogens with one attached hydrogen (secondary N) is 2. The van der Waals surface area contributed by atoms with Gasteiger partial charge in [0, 0.05) is 18.3 Å². The van der Waals surface area contributed by atoms with Gasteiger partial charge >= 0.3 is 0 Å². The number of amides is 1. The van der Waals surface area contributed by atoms with Crippen LogP contribution in [0, 0.1) is 12.7 Å². The highest BCUT2D eigenvalue weighted by Crippen LogP contribution is 2.22. The van der Waals surface area contributed by atoms with Gasteiger partial charge in [0.2, 0.25) is 0 Å². The summed E-state index contributed by atoms with van der Waals surface area (Å²) in [6.07, 6.45) is 0.732. The predicted molar refractivity (Wildman–Crippen MR) is 104 cm³/mol. The van der Waals surface area contributed by atoms with Crippen LogP contribution in [-0.2, 0) is 6.42 Å². The topological polar surface area (TPSA) is 66.9 Å². The summed E-state index contributed by atoms with van der Waals surface area (Å²) < 4.78 is 13.3. The fourth-order valence-corrected chi connectivity index (χ4v) is 2.71. The second-order valence-electron chi connectivity index (χ2n) is 5.93. The molecule has 0 atom stereocenters. The molecule has 7 heteroatoms. The Balaban J connectivity index is 1.66. The Morgan fingerprint density at radius 3 is 2.63 bits per heavy atom. The quantitative estimate of drug-likeness (QED) is 0.665. The lowest BCUT2D eigenvalue weighted by atomic mass is 10.1. The van der Waals surface area contributed by atoms with Crippen molar-refractivity contribution in [3.8, 4) is 0 Å². The van der Waals surface area contributed by atoms with Crippen LogP contribution in [0.4, 0.5) is 15.9 Å². The van der Waals surface area contributed by atoms with Gasteiger partial charge in [-0.25, -0.2) is 14.4 Å². The summed E-state index contributed by atoms with van der Waals surface area (Å²) >= 11 is 5.79. The van der Waals surface area contributed by atoms with Gasteiger partial charge in [-0.05, 0) is 37.1 Å². The number of carbonyl (C=O) groups excluding carboxylic acids is 1. The number of carbonyl (C=O) groups is 1. The van der Waals surface area contributed by atoms with Crippen molar-refractivity contribution in [1.82, 2.24) is 15.3 Å². The van der Waals surface area contributed by atoms with Crippen LogP contribution in [0.2, 0.25) is 5.02 Å². The molecule has 27 heavy (non-hydrogen) atoms. The molecule has 0 bridgehead atoms. The van der Waals surface area contributed by atoms with Gasteiger partial charge in [0.1, 0.15) is 23.2 Å². The van der Waals surface area contributed by atoms with E-state index < -0.39 is 5.82 Å². The Hall–Kier alpha value is -2.99. The first kappa shape index (κ1) is 18.8. The van der Waals surface area contributed by atoms with Crippen LogP contribution in [0.1, 0.15) is 21.9 Å². The van der Waals surface area contributed by atoms with Gasteiger partial charge in [-0.15, -0.1) is 0 Å². The minimum atomic E-state index is -0.500. The van der Waals surface area contributed by atoms with E-state index in [-0.39, 0.29) is 16.6 Å². The minimum absolute atomic E-state index is 0.00431. The summed E-state index contributed by atoms with van der Waals surface area (Å²) in [6, 6.07) is 15.7. The van der Waals surface area contributed by atoms with Crippen LogP contribution in [0.25, 0.3) is 0 Å². The molecule has 1 heterocycles. The summed E-state index contributed by atoms with van der Waals surface area (Å²) in [6.45, 7) is 2.20. The van der Waals surface area contributed by atoms with E-state index in [1.54, 1.807) is 13.0 Å². The van der Waals surface area contributed by atoms with E-state index in [0.717, 1.165) is 12.0 Å². The van der Waals surface area contributed by atoms with Crippen LogP contribution in [-0.4, -0.2) is 22.4 Å². The second kappa shape index (κ2) is 8.60. The lowest BCUT2D eigenvalue weighted by molar-refractivity contribution is 0.0949. The molecule has 1 amide bonds. The lowest BCUT2D eigenvalue weighted by Gasteiger charge is -2.10. The second-order valence-corrected chi connectivity index (χ2v) is 6.34. The summed E-state index contributed by atoms with van der Waals surface area (Å²) in [5.41, 5.74) is 1.97. The molecule has 0 spiro atoms. The zero-order valence-electron chi connectivity index (χ0n) is 14.7. The SMILES string of the molecule is Cc1nc(Nc2ccc(F)c(Cl)c2)cc(C(=O)NCCc2ccccc2)n1. The molecule has 0 aliphatic rings. The fourth-order valence-electron chi connectivity index (χ4n) is 2.53. The molecular formula is C20H18ClFN4O. The third kappa shape index (κ3) is 5.24. The molecular weight excluding hydrogens is 367 g/mol. The first-order valence-electron chi connectivity index (χ1n) is 8.41. The first-order valence-corrected chi connectivity index (χ1v) is 8.79. The number of nitrogens with zero attached hydrogens (tertiary/aromatic N) is 2. The molecule has 0 unspecified atom stereocenters. The third-order valence-electron chi connectivity index (χ3n) is 3.80. The lowest BCUT2D eigenvalue weighted by Crippen LogP contribution is -2.27. The number of halogens is 2. The molecule has 0 aliphatic heterocycles. The number of hydrogen-bond donors (Lipinski definition) is 2. The van der Waals surface area contributed by atoms with Crippen molar-refractivity contribution in [2.24, 2.45) is 0 Å². The molecule has 0 saturated carbocycles. The maximum Gasteiger partial charge on any atom is 0.270 e. The zero-order chi connectivity index (χ0) is 19.2. The van der Waals surface area contributed by atoms with Gasteiger partial charge in [0.15, 0.2) is 0 Å². The van der Waals surface area contributed by atoms with Gasteiger partial charge < -0.3 is 10.6 Å². The molecule has 0 radical (unpaired) electrons. The van der Waals surface area contributed by atoms with E-state index in [9.17, 15) is 9.18 Å². The summed E-state index contributed by atoms with van der Waals surface area (Å²) in [5.74, 6) is 0.0935. The predicted octanol–water partition coefficient (Wildman–Crippen LogP) is 4.29. The molecule has 2 N–H and O–H groups in total. The van der Waals surface area contributed by atoms with E-state index in [2.05, 4.69) is 20.6 Å². The average molecular weight is 385 g/mol. The molecule has 0 saturated heterocycles. The average Bonchev–Trinajstić information content (AvgIpc) is 2.65. The van der Waals surface area contributed by atoms with E-state index in [1.165, 1.54) is 18.2 Å². The molecule has 0 aliphatic carbocycles. The van der Waals surface area contributed by atoms with Crippen LogP contribution in [0.15, 0.2) is 54.6 Å². The van der Waals surface area contributed by atoms with Crippen molar-refractivity contribution in [1.29, 1.82) is 0 Å². The van der Waals surface area contributed by atoms with E-state index in [1.807, 2.05) is 30.3 Å². The number of benzene rings is 2. The van der Waals surface area contributed by atoms with Gasteiger partial charge in [-0.1, -0.05) is 41.9 Å². The van der Waals surface area contributed by atoms with Crippen molar-refractivity contribution >= 4 is 29.0 Å². The Labute approximate surface area is 161 Å². The van der Waals surface area contributed by atoms with E-state index in [0.29, 0.717) is 23.9 Å². The maximum atomic E-state index is 13.3. The Kier molecular flexibility index (Phi) is 5.98. The molecule has 3 aromatic rings. The molecule has 138 valence electrons. The summed E-state index contributed by atoms with van der Waals surface area (Å²) in [7, 11) is 0. The van der Waals surface area contributed by atoms with Crippen LogP contribution >= 0.6 is 11.6 Å². The molecule has 3 rings (SSSR count). The number of rotatable bonds is 6. The van der Waals surface area contributed by atoms with Gasteiger partial charge in [-0.2, -0.15) is 0 Å². The highest BCUT2D eigenvalue weighted by atomic mass is 35.5. The third-order valence-corrected chi connectivity index (χ3v) is 4.09. The Bertz CT molecular complexity index is 950. The highest BCUT2D eigenvalue weighted by Gasteiger charge is 2.11. The van der Waals surface area contributed by atoms with Crippen molar-refractivity contribution in [2.45, 2.75) is 13.3 Å². The number of aryl methyl sites for hydroxylation is 1. The van der Waals surface area contributed by atoms with Crippen molar-refractivity contribution in [2.75, 3.05) is 11.9 Å². The van der Waals surface area contributed by atoms with Crippen molar-refractivity contribution in [3.63, 3.8) is 0 Å². The normalized spacial score (nSPS) is 10.5. The molecule has 5 nitrogen and oxygen atoms in total. The number of aromatic nitrogens is 2. The van der Waals surface area contributed by atoms with Crippen LogP contribution in [0.3, 0.4) is 0 Å². The summed E-state index contributed by atoms with van der Waals surface area (Å²) in [4.78, 5) is 20.8. The van der Waals surface area contributed by atoms with Crippen molar-refractivity contribution < 1.29 is 9.18 Å². The molecule has 1 aromatic heterocycles.